The number of rotatable bonds is 9. The van der Waals surface area contributed by atoms with Crippen molar-refractivity contribution < 1.29 is 28.7 Å². The number of hydrogen-bond acceptors (Lipinski definition) is 13. The Morgan fingerprint density at radius 3 is 2.27 bits per heavy atom. The number of hydrogen-bond donors (Lipinski definition) is 2. The topological polar surface area (TPSA) is 194 Å². The summed E-state index contributed by atoms with van der Waals surface area (Å²) in [5.41, 5.74) is 2.14. The first-order valence-electron chi connectivity index (χ1n) is 21.4. The van der Waals surface area contributed by atoms with Crippen molar-refractivity contribution >= 4 is 52.1 Å². The molecule has 4 aliphatic heterocycles. The Labute approximate surface area is 359 Å². The zero-order valence-electron chi connectivity index (χ0n) is 35.4. The molecule has 4 aromatic rings. The van der Waals surface area contributed by atoms with Crippen LogP contribution in [0.5, 0.6) is 5.75 Å². The Kier molecular flexibility index (Phi) is 10.4. The van der Waals surface area contributed by atoms with Crippen LogP contribution < -0.4 is 25.2 Å². The van der Waals surface area contributed by atoms with Crippen molar-refractivity contribution in [3.63, 3.8) is 0 Å². The van der Waals surface area contributed by atoms with Crippen LogP contribution >= 0.6 is 0 Å². The molecule has 0 bridgehead atoms. The van der Waals surface area contributed by atoms with E-state index in [4.69, 9.17) is 4.74 Å². The number of piperidine rings is 2. The average Bonchev–Trinajstić information content (AvgIpc) is 3.52. The fourth-order valence-electron chi connectivity index (χ4n) is 10.6. The predicted molar refractivity (Wildman–Crippen MR) is 228 cm³/mol. The molecule has 2 aromatic carbocycles. The molecule has 1 atom stereocenters. The van der Waals surface area contributed by atoms with Crippen molar-refractivity contribution in [3.05, 3.63) is 83.3 Å². The first-order valence-corrected chi connectivity index (χ1v) is 21.4. The second-order valence-electron chi connectivity index (χ2n) is 18.3. The molecule has 0 spiro atoms. The van der Waals surface area contributed by atoms with Gasteiger partial charge in [0.15, 0.2) is 0 Å². The summed E-state index contributed by atoms with van der Waals surface area (Å²) in [6.45, 7) is 14.3. The van der Waals surface area contributed by atoms with E-state index >= 15 is 0 Å². The zero-order valence-corrected chi connectivity index (χ0v) is 35.4. The molecule has 2 N–H and O–H groups in total. The van der Waals surface area contributed by atoms with E-state index in [9.17, 15) is 29.2 Å². The lowest BCUT2D eigenvalue weighted by Crippen LogP contribution is -2.74. The van der Waals surface area contributed by atoms with E-state index in [1.165, 1.54) is 0 Å². The minimum Gasteiger partial charge on any atom is -0.488 e. The quantitative estimate of drug-likeness (QED) is 0.231. The van der Waals surface area contributed by atoms with E-state index in [0.29, 0.717) is 39.8 Å². The molecular weight excluding hydrogens is 789 g/mol. The first kappa shape index (κ1) is 40.9. The normalized spacial score (nSPS) is 23.7. The molecule has 62 heavy (non-hydrogen) atoms. The molecule has 320 valence electrons. The molecule has 2 aromatic heterocycles. The molecule has 3 saturated heterocycles. The maximum atomic E-state index is 13.6. The monoisotopic (exact) mass is 838 g/mol. The fourth-order valence-corrected chi connectivity index (χ4v) is 10.6. The van der Waals surface area contributed by atoms with Gasteiger partial charge >= 0.3 is 0 Å². The van der Waals surface area contributed by atoms with Gasteiger partial charge in [-0.15, -0.1) is 0 Å². The molecule has 4 fully saturated rings. The summed E-state index contributed by atoms with van der Waals surface area (Å²) >= 11 is 0. The number of nitriles is 1. The fraction of sp³-hybridized carbons (Fsp3) is 0.457. The Morgan fingerprint density at radius 1 is 0.871 bits per heavy atom. The standard InChI is InChI=1S/C46H50N10O6/c1-45(2)42(46(3,4)43(45)62-35-11-7-28(23-47)37-32(35)6-5-15-48-37)52-38(58)29-24-49-44(50-25-29)55-16-13-27(14-17-55)26-53-18-20-54(21-19-53)30-8-9-31-33(22-30)41(61)56(40(31)60)34-10-12-36(57)51-39(34)59/h5-9,11,15,22,24-25,27,34,42-43H,10,12-14,16-21,26H2,1-4H3,(H,52,58)(H,51,57,59)/t34?,42-,43-. The Morgan fingerprint density at radius 2 is 1.58 bits per heavy atom. The van der Waals surface area contributed by atoms with Gasteiger partial charge in [-0.1, -0.05) is 27.7 Å². The van der Waals surface area contributed by atoms with E-state index in [1.807, 2.05) is 24.3 Å². The minimum atomic E-state index is -0.982. The number of carbonyl (C=O) groups excluding carboxylic acids is 5. The van der Waals surface area contributed by atoms with Crippen molar-refractivity contribution in [2.75, 3.05) is 55.6 Å². The predicted octanol–water partition coefficient (Wildman–Crippen LogP) is 3.95. The number of nitrogens with zero attached hydrogens (tertiary/aromatic N) is 8. The Bertz CT molecular complexity index is 2500. The van der Waals surface area contributed by atoms with E-state index in [-0.39, 0.29) is 36.5 Å². The van der Waals surface area contributed by atoms with E-state index in [1.54, 1.807) is 36.8 Å². The lowest BCUT2D eigenvalue weighted by atomic mass is 9.49. The number of amides is 5. The summed E-state index contributed by atoms with van der Waals surface area (Å²) in [7, 11) is 0. The minimum absolute atomic E-state index is 0.0846. The third kappa shape index (κ3) is 7.17. The van der Waals surface area contributed by atoms with Crippen LogP contribution in [-0.4, -0.2) is 118 Å². The number of ether oxygens (including phenoxy) is 1. The molecule has 5 amide bonds. The molecule has 1 unspecified atom stereocenters. The lowest BCUT2D eigenvalue weighted by Gasteiger charge is -2.63. The van der Waals surface area contributed by atoms with Crippen LogP contribution in [0.3, 0.4) is 0 Å². The molecule has 1 aliphatic carbocycles. The second-order valence-corrected chi connectivity index (χ2v) is 18.3. The number of aromatic nitrogens is 3. The molecule has 5 aliphatic rings. The van der Waals surface area contributed by atoms with Crippen molar-refractivity contribution in [1.29, 1.82) is 5.26 Å². The van der Waals surface area contributed by atoms with Gasteiger partial charge < -0.3 is 19.9 Å². The number of fused-ring (bicyclic) bond motifs is 2. The molecule has 0 radical (unpaired) electrons. The number of nitrogens with one attached hydrogen (secondary N) is 2. The second kappa shape index (κ2) is 15.8. The van der Waals surface area contributed by atoms with Gasteiger partial charge in [0.25, 0.3) is 17.7 Å². The first-order chi connectivity index (χ1) is 29.7. The van der Waals surface area contributed by atoms with Gasteiger partial charge in [0.05, 0.1) is 27.8 Å². The largest absolute Gasteiger partial charge is 0.488 e. The van der Waals surface area contributed by atoms with Crippen LogP contribution in [0.1, 0.15) is 90.0 Å². The van der Waals surface area contributed by atoms with Crippen LogP contribution in [0.4, 0.5) is 11.6 Å². The maximum Gasteiger partial charge on any atom is 0.262 e. The molecule has 1 saturated carbocycles. The Hall–Kier alpha value is -6.47. The maximum absolute atomic E-state index is 13.6. The highest BCUT2D eigenvalue weighted by atomic mass is 16.5. The summed E-state index contributed by atoms with van der Waals surface area (Å²) in [6, 6.07) is 13.6. The summed E-state index contributed by atoms with van der Waals surface area (Å²) < 4.78 is 6.64. The number of imide groups is 2. The van der Waals surface area contributed by atoms with Gasteiger partial charge in [-0.2, -0.15) is 5.26 Å². The summed E-state index contributed by atoms with van der Waals surface area (Å²) in [6.07, 6.45) is 6.87. The zero-order chi connectivity index (χ0) is 43.5. The summed E-state index contributed by atoms with van der Waals surface area (Å²) in [5.74, 6) is -0.435. The van der Waals surface area contributed by atoms with Crippen molar-refractivity contribution in [3.8, 4) is 11.8 Å². The van der Waals surface area contributed by atoms with E-state index in [2.05, 4.69) is 74.0 Å². The van der Waals surface area contributed by atoms with Crippen LogP contribution in [0.2, 0.25) is 0 Å². The van der Waals surface area contributed by atoms with Crippen LogP contribution in [-0.2, 0) is 9.59 Å². The molecule has 16 heteroatoms. The summed E-state index contributed by atoms with van der Waals surface area (Å²) in [5, 5.41) is 15.8. The van der Waals surface area contributed by atoms with Crippen molar-refractivity contribution in [2.24, 2.45) is 16.7 Å². The van der Waals surface area contributed by atoms with E-state index in [0.717, 1.165) is 74.6 Å². The number of benzene rings is 2. The molecule has 6 heterocycles. The highest BCUT2D eigenvalue weighted by Crippen LogP contribution is 2.56. The van der Waals surface area contributed by atoms with Crippen LogP contribution in [0.15, 0.2) is 61.1 Å². The molecular formula is C46H50N10O6. The Balaban J connectivity index is 0.740. The van der Waals surface area contributed by atoms with Gasteiger partial charge in [0, 0.05) is 98.8 Å². The van der Waals surface area contributed by atoms with Crippen molar-refractivity contribution in [2.45, 2.75) is 71.6 Å². The van der Waals surface area contributed by atoms with Crippen molar-refractivity contribution in [1.82, 2.24) is 35.4 Å². The van der Waals surface area contributed by atoms with Gasteiger partial charge in [-0.25, -0.2) is 9.97 Å². The van der Waals surface area contributed by atoms with Gasteiger partial charge in [0.2, 0.25) is 17.8 Å². The number of anilines is 2. The third-order valence-corrected chi connectivity index (χ3v) is 13.7. The smallest absolute Gasteiger partial charge is 0.262 e. The van der Waals surface area contributed by atoms with Crippen LogP contribution in [0.25, 0.3) is 10.9 Å². The SMILES string of the molecule is CC1(C)[C@H](NC(=O)c2cnc(N3CCC(CN4CCN(c5ccc6c(c5)C(=O)N(C5CCC(=O)NC5=O)C6=O)CC4)CC3)nc2)C(C)(C)[C@H]1Oc1ccc(C#N)c2ncccc12. The third-order valence-electron chi connectivity index (χ3n) is 13.7. The average molecular weight is 839 g/mol. The highest BCUT2D eigenvalue weighted by Gasteiger charge is 2.64. The summed E-state index contributed by atoms with van der Waals surface area (Å²) in [4.78, 5) is 85.7. The number of carbonyl (C=O) groups is 5. The van der Waals surface area contributed by atoms with Crippen LogP contribution in [0, 0.1) is 28.1 Å². The van der Waals surface area contributed by atoms with Gasteiger partial charge in [-0.05, 0) is 67.6 Å². The molecule has 16 nitrogen and oxygen atoms in total. The molecule has 9 rings (SSSR count). The lowest BCUT2D eigenvalue weighted by molar-refractivity contribution is -0.163. The highest BCUT2D eigenvalue weighted by molar-refractivity contribution is 6.23. The van der Waals surface area contributed by atoms with Gasteiger partial charge in [-0.3, -0.25) is 44.1 Å². The number of pyridine rings is 1. The van der Waals surface area contributed by atoms with Gasteiger partial charge in [0.1, 0.15) is 24.0 Å². The van der Waals surface area contributed by atoms with E-state index < -0.39 is 40.5 Å². The number of piperazine rings is 1.